The van der Waals surface area contributed by atoms with Crippen molar-refractivity contribution in [1.29, 1.82) is 0 Å². The first-order valence-corrected chi connectivity index (χ1v) is 17.3. The van der Waals surface area contributed by atoms with E-state index in [-0.39, 0.29) is 0 Å². The monoisotopic (exact) mass is 599 g/mol. The minimum atomic E-state index is -3.02. The Hall–Kier alpha value is -4.95. The average Bonchev–Trinajstić information content (AvgIpc) is 3.78. The summed E-state index contributed by atoms with van der Waals surface area (Å²) in [6, 6.07) is 55.1. The van der Waals surface area contributed by atoms with Crippen LogP contribution in [-0.4, -0.2) is 4.57 Å². The molecule has 0 amide bonds. The number of hydrogen-bond acceptors (Lipinski definition) is 2. The molecular formula is C40H26NOPS. The minimum Gasteiger partial charge on any atom is -0.309 e. The van der Waals surface area contributed by atoms with Crippen molar-refractivity contribution in [3.05, 3.63) is 158 Å². The fourth-order valence-electron chi connectivity index (χ4n) is 6.81. The van der Waals surface area contributed by atoms with Crippen LogP contribution in [0.3, 0.4) is 0 Å². The molecule has 2 aromatic heterocycles. The molecule has 2 nitrogen and oxygen atoms in total. The molecule has 1 atom stereocenters. The third-order valence-electron chi connectivity index (χ3n) is 8.86. The van der Waals surface area contributed by atoms with Crippen LogP contribution in [0.1, 0.15) is 0 Å². The SMILES string of the molecule is O=P1(c2ccccc2)c2ccccc2-c2cc3c(cc21)c1ccccc1n3-c1ccc(-c2ccc(-c3ccccc3)s2)cc1. The number of para-hydroxylation sites is 1. The van der Waals surface area contributed by atoms with Gasteiger partial charge in [0.25, 0.3) is 0 Å². The van der Waals surface area contributed by atoms with E-state index in [0.717, 1.165) is 54.5 Å². The van der Waals surface area contributed by atoms with E-state index in [9.17, 15) is 0 Å². The summed E-state index contributed by atoms with van der Waals surface area (Å²) in [5.74, 6) is 0. The molecular weight excluding hydrogens is 573 g/mol. The second-order valence-corrected chi connectivity index (χ2v) is 15.1. The van der Waals surface area contributed by atoms with Crippen LogP contribution < -0.4 is 15.9 Å². The Morgan fingerprint density at radius 3 is 1.89 bits per heavy atom. The second kappa shape index (κ2) is 9.79. The van der Waals surface area contributed by atoms with Crippen molar-refractivity contribution in [2.75, 3.05) is 0 Å². The van der Waals surface area contributed by atoms with Gasteiger partial charge < -0.3 is 9.13 Å². The van der Waals surface area contributed by atoms with Crippen LogP contribution in [0.2, 0.25) is 0 Å². The van der Waals surface area contributed by atoms with Crippen LogP contribution in [0.4, 0.5) is 0 Å². The highest BCUT2D eigenvalue weighted by Gasteiger charge is 2.40. The Balaban J connectivity index is 1.22. The minimum absolute atomic E-state index is 0.883. The zero-order valence-electron chi connectivity index (χ0n) is 23.7. The van der Waals surface area contributed by atoms with E-state index in [0.29, 0.717) is 0 Å². The van der Waals surface area contributed by atoms with E-state index < -0.39 is 7.14 Å². The molecule has 0 bridgehead atoms. The summed E-state index contributed by atoms with van der Waals surface area (Å²) >= 11 is 1.82. The van der Waals surface area contributed by atoms with Crippen molar-refractivity contribution in [2.45, 2.75) is 0 Å². The molecule has 0 saturated heterocycles. The zero-order valence-corrected chi connectivity index (χ0v) is 25.4. The molecule has 9 rings (SSSR count). The highest BCUT2D eigenvalue weighted by atomic mass is 32.1. The highest BCUT2D eigenvalue weighted by Crippen LogP contribution is 2.53. The van der Waals surface area contributed by atoms with E-state index >= 15 is 4.57 Å². The van der Waals surface area contributed by atoms with Gasteiger partial charge in [-0.2, -0.15) is 0 Å². The molecule has 3 heterocycles. The van der Waals surface area contributed by atoms with E-state index in [4.69, 9.17) is 0 Å². The number of hydrogen-bond donors (Lipinski definition) is 0. The van der Waals surface area contributed by atoms with Gasteiger partial charge in [0.05, 0.1) is 11.0 Å². The molecule has 0 fully saturated rings. The van der Waals surface area contributed by atoms with Crippen LogP contribution in [0.15, 0.2) is 158 Å². The standard InChI is InChI=1S/C40H26NOPS/c42-43(30-13-5-2-6-14-30)37-18-10-8-16-32(37)34-25-36-33(26-38(34)43)31-15-7-9-17-35(31)41(36)29-21-19-28(20-22-29)40-24-23-39(44-40)27-11-3-1-4-12-27/h1-26H. The first kappa shape index (κ1) is 25.5. The van der Waals surface area contributed by atoms with Crippen molar-refractivity contribution < 1.29 is 4.57 Å². The lowest BCUT2D eigenvalue weighted by Gasteiger charge is -2.16. The third-order valence-corrected chi connectivity index (χ3v) is 13.2. The van der Waals surface area contributed by atoms with Gasteiger partial charge in [-0.1, -0.05) is 115 Å². The summed E-state index contributed by atoms with van der Waals surface area (Å²) in [5, 5.41) is 5.03. The maximum atomic E-state index is 15.2. The Morgan fingerprint density at radius 1 is 0.477 bits per heavy atom. The fourth-order valence-corrected chi connectivity index (χ4v) is 10.9. The Morgan fingerprint density at radius 2 is 1.11 bits per heavy atom. The molecule has 1 unspecified atom stereocenters. The topological polar surface area (TPSA) is 22.0 Å². The van der Waals surface area contributed by atoms with Crippen LogP contribution in [0, 0.1) is 0 Å². The molecule has 44 heavy (non-hydrogen) atoms. The fraction of sp³-hybridized carbons (Fsp3) is 0. The van der Waals surface area contributed by atoms with Crippen LogP contribution >= 0.6 is 18.5 Å². The summed E-state index contributed by atoms with van der Waals surface area (Å²) in [4.78, 5) is 2.53. The lowest BCUT2D eigenvalue weighted by molar-refractivity contribution is 0.593. The molecule has 1 aliphatic rings. The highest BCUT2D eigenvalue weighted by molar-refractivity contribution is 7.86. The summed E-state index contributed by atoms with van der Waals surface area (Å²) in [5.41, 5.74) is 7.96. The molecule has 0 radical (unpaired) electrons. The molecule has 8 aromatic rings. The lowest BCUT2D eigenvalue weighted by atomic mass is 10.0. The largest absolute Gasteiger partial charge is 0.309 e. The maximum absolute atomic E-state index is 15.2. The predicted octanol–water partition coefficient (Wildman–Crippen LogP) is 9.80. The first-order chi connectivity index (χ1) is 21.7. The number of aromatic nitrogens is 1. The number of benzene rings is 6. The predicted molar refractivity (Wildman–Crippen MR) is 188 cm³/mol. The molecule has 6 aromatic carbocycles. The summed E-state index contributed by atoms with van der Waals surface area (Å²) in [7, 11) is -3.02. The van der Waals surface area contributed by atoms with Crippen LogP contribution in [0.5, 0.6) is 0 Å². The molecule has 0 spiro atoms. The average molecular weight is 600 g/mol. The van der Waals surface area contributed by atoms with Gasteiger partial charge in [-0.3, -0.25) is 0 Å². The van der Waals surface area contributed by atoms with E-state index in [2.05, 4.69) is 120 Å². The third kappa shape index (κ3) is 3.70. The normalized spacial score (nSPS) is 15.5. The van der Waals surface area contributed by atoms with Crippen molar-refractivity contribution in [3.63, 3.8) is 0 Å². The molecule has 0 aliphatic carbocycles. The van der Waals surface area contributed by atoms with Gasteiger partial charge in [-0.25, -0.2) is 0 Å². The summed E-state index contributed by atoms with van der Waals surface area (Å²) in [6.07, 6.45) is 0. The van der Waals surface area contributed by atoms with Gasteiger partial charge in [-0.05, 0) is 64.7 Å². The van der Waals surface area contributed by atoms with Crippen LogP contribution in [0.25, 0.3) is 59.5 Å². The van der Waals surface area contributed by atoms with Crippen molar-refractivity contribution in [2.24, 2.45) is 0 Å². The van der Waals surface area contributed by atoms with Gasteiger partial charge >= 0.3 is 0 Å². The number of fused-ring (bicyclic) bond motifs is 6. The zero-order chi connectivity index (χ0) is 29.3. The quantitative estimate of drug-likeness (QED) is 0.185. The molecule has 0 N–H and O–H groups in total. The molecule has 4 heteroatoms. The molecule has 1 aliphatic heterocycles. The van der Waals surface area contributed by atoms with E-state index in [1.54, 1.807) is 0 Å². The van der Waals surface area contributed by atoms with E-state index in [1.165, 1.54) is 20.9 Å². The first-order valence-electron chi connectivity index (χ1n) is 14.8. The van der Waals surface area contributed by atoms with Gasteiger partial charge in [0, 0.05) is 42.1 Å². The molecule has 0 saturated carbocycles. The number of thiophene rings is 1. The lowest BCUT2D eigenvalue weighted by Crippen LogP contribution is -2.20. The van der Waals surface area contributed by atoms with Gasteiger partial charge in [0.15, 0.2) is 7.14 Å². The number of rotatable bonds is 4. The molecule has 208 valence electrons. The maximum Gasteiger partial charge on any atom is 0.172 e. The van der Waals surface area contributed by atoms with Gasteiger partial charge in [-0.15, -0.1) is 11.3 Å². The summed E-state index contributed by atoms with van der Waals surface area (Å²) < 4.78 is 17.5. The van der Waals surface area contributed by atoms with Crippen molar-refractivity contribution >= 4 is 56.2 Å². The van der Waals surface area contributed by atoms with Crippen LogP contribution in [-0.2, 0) is 4.57 Å². The smallest absolute Gasteiger partial charge is 0.172 e. The Labute approximate surface area is 259 Å². The van der Waals surface area contributed by atoms with Gasteiger partial charge in [0.1, 0.15) is 0 Å². The van der Waals surface area contributed by atoms with Gasteiger partial charge in [0.2, 0.25) is 0 Å². The Bertz CT molecular complexity index is 2400. The van der Waals surface area contributed by atoms with Crippen molar-refractivity contribution in [1.82, 2.24) is 4.57 Å². The summed E-state index contributed by atoms with van der Waals surface area (Å²) in [6.45, 7) is 0. The Kier molecular flexibility index (Phi) is 5.68. The van der Waals surface area contributed by atoms with E-state index in [1.807, 2.05) is 53.8 Å². The van der Waals surface area contributed by atoms with Crippen molar-refractivity contribution in [3.8, 4) is 37.7 Å². The number of nitrogens with zero attached hydrogens (tertiary/aromatic N) is 1. The second-order valence-electron chi connectivity index (χ2n) is 11.3.